The Labute approximate surface area is 220 Å². The van der Waals surface area contributed by atoms with Crippen molar-refractivity contribution in [2.24, 2.45) is 0 Å². The van der Waals surface area contributed by atoms with Gasteiger partial charge in [-0.3, -0.25) is 13.9 Å². The van der Waals surface area contributed by atoms with E-state index < -0.39 is 16.1 Å². The molecule has 1 atom stereocenters. The largest absolute Gasteiger partial charge is 0.354 e. The van der Waals surface area contributed by atoms with Gasteiger partial charge < -0.3 is 10.2 Å². The molecule has 0 aliphatic heterocycles. The summed E-state index contributed by atoms with van der Waals surface area (Å²) in [6, 6.07) is 12.1. The Morgan fingerprint density at radius 1 is 1.06 bits per heavy atom. The van der Waals surface area contributed by atoms with Gasteiger partial charge in [0.25, 0.3) is 0 Å². The molecule has 2 rings (SSSR count). The molecule has 2 aromatic rings. The number of carbonyl (C=O) groups excluding carboxylic acids is 2. The fraction of sp³-hybridized carbons (Fsp3) is 0.481. The minimum absolute atomic E-state index is 0.0961. The topological polar surface area (TPSA) is 86.8 Å². The van der Waals surface area contributed by atoms with Crippen molar-refractivity contribution in [3.05, 3.63) is 64.2 Å². The van der Waals surface area contributed by atoms with E-state index in [0.29, 0.717) is 30.1 Å². The second-order valence-corrected chi connectivity index (χ2v) is 11.3. The van der Waals surface area contributed by atoms with Crippen molar-refractivity contribution in [1.29, 1.82) is 0 Å². The number of nitrogens with zero attached hydrogens (tertiary/aromatic N) is 2. The van der Waals surface area contributed by atoms with Crippen molar-refractivity contribution in [3.8, 4) is 0 Å². The third-order valence-corrected chi connectivity index (χ3v) is 7.78. The van der Waals surface area contributed by atoms with Gasteiger partial charge in [-0.2, -0.15) is 0 Å². The number of nitrogens with one attached hydrogen (secondary N) is 1. The predicted octanol–water partition coefficient (Wildman–Crippen LogP) is 4.84. The van der Waals surface area contributed by atoms with Gasteiger partial charge >= 0.3 is 0 Å². The first kappa shape index (κ1) is 29.6. The van der Waals surface area contributed by atoms with E-state index in [-0.39, 0.29) is 31.3 Å². The van der Waals surface area contributed by atoms with Crippen LogP contribution in [-0.4, -0.2) is 50.5 Å². The summed E-state index contributed by atoms with van der Waals surface area (Å²) in [5.74, 6) is -0.421. The summed E-state index contributed by atoms with van der Waals surface area (Å²) in [7, 11) is -3.55. The monoisotopic (exact) mass is 535 g/mol. The molecule has 0 saturated carbocycles. The van der Waals surface area contributed by atoms with E-state index in [1.54, 1.807) is 17.0 Å². The van der Waals surface area contributed by atoms with Crippen LogP contribution < -0.4 is 9.62 Å². The van der Waals surface area contributed by atoms with Crippen molar-refractivity contribution < 1.29 is 18.0 Å². The Balaban J connectivity index is 2.25. The summed E-state index contributed by atoms with van der Waals surface area (Å²) in [6.45, 7) is 8.55. The van der Waals surface area contributed by atoms with Crippen molar-refractivity contribution in [3.63, 3.8) is 0 Å². The average Bonchev–Trinajstić information content (AvgIpc) is 2.82. The quantitative estimate of drug-likeness (QED) is 0.398. The van der Waals surface area contributed by atoms with Crippen LogP contribution in [0.5, 0.6) is 0 Å². The van der Waals surface area contributed by atoms with Crippen molar-refractivity contribution in [2.45, 2.75) is 66.0 Å². The molecule has 0 saturated heterocycles. The summed E-state index contributed by atoms with van der Waals surface area (Å²) >= 11 is 6.36. The van der Waals surface area contributed by atoms with Gasteiger partial charge in [0.1, 0.15) is 6.04 Å². The number of aryl methyl sites for hydroxylation is 1. The lowest BCUT2D eigenvalue weighted by Gasteiger charge is -2.31. The van der Waals surface area contributed by atoms with Crippen LogP contribution in [0.3, 0.4) is 0 Å². The zero-order valence-electron chi connectivity index (χ0n) is 21.9. The van der Waals surface area contributed by atoms with Gasteiger partial charge in [-0.05, 0) is 61.9 Å². The lowest BCUT2D eigenvalue weighted by Crippen LogP contribution is -2.49. The maximum atomic E-state index is 13.5. The Morgan fingerprint density at radius 2 is 1.75 bits per heavy atom. The Bertz CT molecular complexity index is 1150. The van der Waals surface area contributed by atoms with Crippen LogP contribution in [0, 0.1) is 13.8 Å². The summed E-state index contributed by atoms with van der Waals surface area (Å²) in [5.41, 5.74) is 3.24. The van der Waals surface area contributed by atoms with E-state index >= 15 is 0 Å². The van der Waals surface area contributed by atoms with Gasteiger partial charge in [-0.25, -0.2) is 8.42 Å². The molecule has 2 amide bonds. The molecule has 9 heteroatoms. The smallest absolute Gasteiger partial charge is 0.242 e. The van der Waals surface area contributed by atoms with Gasteiger partial charge in [0.05, 0.1) is 11.9 Å². The molecule has 0 aromatic heterocycles. The lowest BCUT2D eigenvalue weighted by molar-refractivity contribution is -0.141. The minimum atomic E-state index is -3.55. The van der Waals surface area contributed by atoms with Crippen LogP contribution in [0.25, 0.3) is 0 Å². The fourth-order valence-corrected chi connectivity index (χ4v) is 5.30. The highest BCUT2D eigenvalue weighted by Gasteiger charge is 2.29. The number of halogens is 1. The SMILES string of the molecule is CCCNC(=O)[C@H](CC)N(Cc1ccccc1Cl)C(=O)CCCN(c1cccc(C)c1C)S(C)(=O)=O. The molecule has 0 radical (unpaired) electrons. The highest BCUT2D eigenvalue weighted by Crippen LogP contribution is 2.26. The first-order valence-electron chi connectivity index (χ1n) is 12.4. The van der Waals surface area contributed by atoms with E-state index in [0.717, 1.165) is 23.1 Å². The third-order valence-electron chi connectivity index (χ3n) is 6.23. The third kappa shape index (κ3) is 7.96. The van der Waals surface area contributed by atoms with Crippen molar-refractivity contribution >= 4 is 39.1 Å². The van der Waals surface area contributed by atoms with Crippen LogP contribution in [0.4, 0.5) is 5.69 Å². The zero-order valence-corrected chi connectivity index (χ0v) is 23.5. The van der Waals surface area contributed by atoms with E-state index in [2.05, 4.69) is 5.32 Å². The van der Waals surface area contributed by atoms with E-state index in [4.69, 9.17) is 11.6 Å². The number of amides is 2. The molecule has 0 aliphatic rings. The number of anilines is 1. The van der Waals surface area contributed by atoms with Gasteiger partial charge in [0.2, 0.25) is 21.8 Å². The molecule has 7 nitrogen and oxygen atoms in total. The molecule has 2 aromatic carbocycles. The first-order valence-corrected chi connectivity index (χ1v) is 14.6. The number of sulfonamides is 1. The Kier molecular flexibility index (Phi) is 11.2. The highest BCUT2D eigenvalue weighted by molar-refractivity contribution is 7.92. The Hall–Kier alpha value is -2.58. The van der Waals surface area contributed by atoms with E-state index in [9.17, 15) is 18.0 Å². The van der Waals surface area contributed by atoms with Gasteiger partial charge in [0.15, 0.2) is 0 Å². The van der Waals surface area contributed by atoms with Gasteiger partial charge in [-0.1, -0.05) is 55.8 Å². The Morgan fingerprint density at radius 3 is 2.36 bits per heavy atom. The predicted molar refractivity (Wildman–Crippen MR) is 147 cm³/mol. The normalized spacial score (nSPS) is 12.2. The number of hydrogen-bond donors (Lipinski definition) is 1. The van der Waals surface area contributed by atoms with Crippen LogP contribution >= 0.6 is 11.6 Å². The van der Waals surface area contributed by atoms with Crippen molar-refractivity contribution in [2.75, 3.05) is 23.7 Å². The summed E-state index contributed by atoms with van der Waals surface area (Å²) in [4.78, 5) is 27.9. The molecule has 198 valence electrons. The summed E-state index contributed by atoms with van der Waals surface area (Å²) < 4.78 is 26.5. The number of rotatable bonds is 13. The molecule has 0 fully saturated rings. The maximum absolute atomic E-state index is 13.5. The average molecular weight is 536 g/mol. The van der Waals surface area contributed by atoms with Crippen LogP contribution in [0.1, 0.15) is 56.2 Å². The van der Waals surface area contributed by atoms with Crippen molar-refractivity contribution in [1.82, 2.24) is 10.2 Å². The minimum Gasteiger partial charge on any atom is -0.354 e. The molecular formula is C27H38ClN3O4S. The standard InChI is InChI=1S/C27H38ClN3O4S/c1-6-17-29-27(33)24(7-2)30(19-22-13-8-9-14-23(22)28)26(32)16-11-18-31(36(5,34)35)25-15-10-12-20(3)21(25)4/h8-10,12-15,24H,6-7,11,16-19H2,1-5H3,(H,29,33)/t24-/m0/s1. The highest BCUT2D eigenvalue weighted by atomic mass is 35.5. The number of carbonyl (C=O) groups is 2. The van der Waals surface area contributed by atoms with Gasteiger partial charge in [-0.15, -0.1) is 0 Å². The molecule has 36 heavy (non-hydrogen) atoms. The zero-order chi connectivity index (χ0) is 26.9. The van der Waals surface area contributed by atoms with Crippen LogP contribution in [-0.2, 0) is 26.2 Å². The molecule has 0 bridgehead atoms. The van der Waals surface area contributed by atoms with E-state index in [1.165, 1.54) is 10.6 Å². The maximum Gasteiger partial charge on any atom is 0.242 e. The fourth-order valence-electron chi connectivity index (χ4n) is 4.08. The molecular weight excluding hydrogens is 498 g/mol. The summed E-state index contributed by atoms with van der Waals surface area (Å²) in [5, 5.41) is 3.42. The second kappa shape index (κ2) is 13.7. The van der Waals surface area contributed by atoms with Crippen LogP contribution in [0.2, 0.25) is 5.02 Å². The van der Waals surface area contributed by atoms with Gasteiger partial charge in [0, 0.05) is 31.1 Å². The number of benzene rings is 2. The second-order valence-electron chi connectivity index (χ2n) is 8.99. The molecule has 0 aliphatic carbocycles. The lowest BCUT2D eigenvalue weighted by atomic mass is 10.1. The molecule has 0 unspecified atom stereocenters. The molecule has 0 spiro atoms. The molecule has 1 N–H and O–H groups in total. The first-order chi connectivity index (χ1) is 17.0. The summed E-state index contributed by atoms with van der Waals surface area (Å²) in [6.07, 6.45) is 2.82. The number of hydrogen-bond acceptors (Lipinski definition) is 4. The van der Waals surface area contributed by atoms with Crippen LogP contribution in [0.15, 0.2) is 42.5 Å². The van der Waals surface area contributed by atoms with E-state index in [1.807, 2.05) is 58.0 Å². The molecule has 0 heterocycles.